The first kappa shape index (κ1) is 60.9. The fourth-order valence-corrected chi connectivity index (χ4v) is 8.24. The number of amides is 1. The molecule has 1 heterocycles. The lowest BCUT2D eigenvalue weighted by molar-refractivity contribution is -0.302. The maximum absolute atomic E-state index is 13.0. The number of ether oxygens (including phenoxy) is 3. The summed E-state index contributed by atoms with van der Waals surface area (Å²) in [6.45, 7) is 4.16. The van der Waals surface area contributed by atoms with Gasteiger partial charge in [0, 0.05) is 12.8 Å². The molecule has 6 N–H and O–H groups in total. The van der Waals surface area contributed by atoms with Gasteiger partial charge in [-0.25, -0.2) is 0 Å². The number of aliphatic hydroxyl groups excluding tert-OH is 5. The van der Waals surface area contributed by atoms with Gasteiger partial charge in [-0.05, 0) is 51.4 Å². The van der Waals surface area contributed by atoms with Crippen molar-refractivity contribution in [1.29, 1.82) is 0 Å². The SMILES string of the molecule is CC/C=C/CC/C=C/CC/C=C/C(O)C(COC1OC(CO)C(O)C(O)C1O)NC(=O)CCCCCCCCCCCCCCCCCCOC(=O)CCCCCCCCCCCCC. The zero-order valence-corrected chi connectivity index (χ0v) is 41.4. The predicted octanol–water partition coefficient (Wildman–Crippen LogP) is 11.2. The Morgan fingerprint density at radius 1 is 0.569 bits per heavy atom. The summed E-state index contributed by atoms with van der Waals surface area (Å²) in [6.07, 6.45) is 42.4. The zero-order valence-electron chi connectivity index (χ0n) is 41.4. The lowest BCUT2D eigenvalue weighted by Gasteiger charge is -2.40. The summed E-state index contributed by atoms with van der Waals surface area (Å²) >= 11 is 0. The van der Waals surface area contributed by atoms with E-state index in [4.69, 9.17) is 14.2 Å². The summed E-state index contributed by atoms with van der Waals surface area (Å²) in [5, 5.41) is 54.1. The van der Waals surface area contributed by atoms with E-state index in [1.165, 1.54) is 122 Å². The molecule has 0 radical (unpaired) electrons. The minimum Gasteiger partial charge on any atom is -0.466 e. The van der Waals surface area contributed by atoms with Gasteiger partial charge < -0.3 is 45.1 Å². The van der Waals surface area contributed by atoms with Crippen LogP contribution in [0.25, 0.3) is 0 Å². The van der Waals surface area contributed by atoms with E-state index in [-0.39, 0.29) is 18.5 Å². The fourth-order valence-electron chi connectivity index (χ4n) is 8.24. The number of allylic oxidation sites excluding steroid dienone is 5. The van der Waals surface area contributed by atoms with Gasteiger partial charge in [0.25, 0.3) is 0 Å². The second-order valence-electron chi connectivity index (χ2n) is 18.5. The van der Waals surface area contributed by atoms with Crippen LogP contribution in [0.15, 0.2) is 36.5 Å². The van der Waals surface area contributed by atoms with Gasteiger partial charge in [-0.3, -0.25) is 9.59 Å². The molecule has 11 heteroatoms. The van der Waals surface area contributed by atoms with E-state index < -0.39 is 49.5 Å². The van der Waals surface area contributed by atoms with Crippen LogP contribution in [0, 0.1) is 0 Å². The lowest BCUT2D eigenvalue weighted by Crippen LogP contribution is -2.60. The third kappa shape index (κ3) is 34.8. The smallest absolute Gasteiger partial charge is 0.305 e. The van der Waals surface area contributed by atoms with E-state index in [0.29, 0.717) is 19.4 Å². The van der Waals surface area contributed by atoms with Crippen LogP contribution in [-0.4, -0.2) is 100 Å². The van der Waals surface area contributed by atoms with E-state index in [9.17, 15) is 35.1 Å². The zero-order chi connectivity index (χ0) is 47.4. The number of carbonyl (C=O) groups excluding carboxylic acids is 2. The summed E-state index contributed by atoms with van der Waals surface area (Å²) < 4.78 is 16.6. The van der Waals surface area contributed by atoms with E-state index in [0.717, 1.165) is 83.5 Å². The molecule has 0 bridgehead atoms. The van der Waals surface area contributed by atoms with Gasteiger partial charge >= 0.3 is 5.97 Å². The summed E-state index contributed by atoms with van der Waals surface area (Å²) in [6, 6.07) is -0.838. The molecule has 380 valence electrons. The second kappa shape index (κ2) is 44.4. The molecule has 1 aliphatic heterocycles. The number of esters is 1. The normalized spacial score (nSPS) is 20.0. The minimum atomic E-state index is -1.58. The van der Waals surface area contributed by atoms with Crippen LogP contribution < -0.4 is 5.32 Å². The molecule has 0 aromatic heterocycles. The molecule has 0 aliphatic carbocycles. The monoisotopic (exact) mass is 922 g/mol. The highest BCUT2D eigenvalue weighted by Crippen LogP contribution is 2.23. The number of hydrogen-bond donors (Lipinski definition) is 6. The molecular weight excluding hydrogens is 823 g/mol. The maximum atomic E-state index is 13.0. The fraction of sp³-hybridized carbons (Fsp3) is 0.852. The lowest BCUT2D eigenvalue weighted by atomic mass is 9.99. The summed E-state index contributed by atoms with van der Waals surface area (Å²) in [5.74, 6) is -0.223. The Morgan fingerprint density at radius 3 is 1.51 bits per heavy atom. The maximum Gasteiger partial charge on any atom is 0.305 e. The van der Waals surface area contributed by atoms with Crippen molar-refractivity contribution in [3.63, 3.8) is 0 Å². The molecule has 1 amide bonds. The van der Waals surface area contributed by atoms with Crippen LogP contribution >= 0.6 is 0 Å². The van der Waals surface area contributed by atoms with Crippen molar-refractivity contribution in [2.45, 2.75) is 275 Å². The molecule has 1 saturated heterocycles. The van der Waals surface area contributed by atoms with E-state index in [1.807, 2.05) is 6.08 Å². The number of unbranched alkanes of at least 4 members (excludes halogenated alkanes) is 27. The standard InChI is InChI=1S/C54H99NO10/c1-3-5-7-9-11-13-21-26-30-34-38-42-50(59)63-43-39-35-31-27-23-20-18-16-15-17-19-22-25-29-33-37-41-49(58)55-46(45-64-54-53(62)52(61)51(60)48(44-56)65-54)47(57)40-36-32-28-24-14-12-10-8-6-4-2/h6,8,14,24,36,40,46-48,51-54,56-57,60-62H,3-5,7,9-13,15-23,25-35,37-39,41-45H2,1-2H3,(H,55,58)/b8-6+,24-14+,40-36+. The number of aliphatic hydroxyl groups is 5. The summed E-state index contributed by atoms with van der Waals surface area (Å²) in [7, 11) is 0. The number of nitrogens with one attached hydrogen (secondary N) is 1. The molecule has 0 aromatic carbocycles. The molecule has 0 saturated carbocycles. The third-order valence-corrected chi connectivity index (χ3v) is 12.5. The topological polar surface area (TPSA) is 175 Å². The molecule has 0 spiro atoms. The molecule has 1 aliphatic rings. The first-order chi connectivity index (χ1) is 31.7. The quantitative estimate of drug-likeness (QED) is 0.0196. The van der Waals surface area contributed by atoms with Crippen LogP contribution in [0.3, 0.4) is 0 Å². The van der Waals surface area contributed by atoms with Crippen molar-refractivity contribution in [2.75, 3.05) is 19.8 Å². The van der Waals surface area contributed by atoms with Crippen molar-refractivity contribution in [1.82, 2.24) is 5.32 Å². The van der Waals surface area contributed by atoms with Crippen LogP contribution in [0.5, 0.6) is 0 Å². The number of hydrogen-bond acceptors (Lipinski definition) is 10. The molecular formula is C54H99NO10. The van der Waals surface area contributed by atoms with E-state index in [2.05, 4.69) is 43.5 Å². The molecule has 7 unspecified atom stereocenters. The van der Waals surface area contributed by atoms with Crippen LogP contribution in [0.1, 0.15) is 232 Å². The summed E-state index contributed by atoms with van der Waals surface area (Å²) in [4.78, 5) is 25.0. The second-order valence-corrected chi connectivity index (χ2v) is 18.5. The average molecular weight is 922 g/mol. The Balaban J connectivity index is 2.11. The Kier molecular flexibility index (Phi) is 41.6. The molecule has 0 aromatic rings. The Labute approximate surface area is 396 Å². The minimum absolute atomic E-state index is 0.0171. The predicted molar refractivity (Wildman–Crippen MR) is 264 cm³/mol. The van der Waals surface area contributed by atoms with E-state index in [1.54, 1.807) is 6.08 Å². The van der Waals surface area contributed by atoms with Crippen molar-refractivity contribution < 1.29 is 49.3 Å². The Hall–Kier alpha value is -2.12. The van der Waals surface area contributed by atoms with Crippen molar-refractivity contribution in [2.24, 2.45) is 0 Å². The van der Waals surface area contributed by atoms with Gasteiger partial charge in [-0.15, -0.1) is 0 Å². The highest BCUT2D eigenvalue weighted by Gasteiger charge is 2.44. The highest BCUT2D eigenvalue weighted by atomic mass is 16.7. The first-order valence-corrected chi connectivity index (χ1v) is 26.8. The summed E-state index contributed by atoms with van der Waals surface area (Å²) in [5.41, 5.74) is 0. The van der Waals surface area contributed by atoms with Crippen molar-refractivity contribution >= 4 is 11.9 Å². The van der Waals surface area contributed by atoms with Crippen molar-refractivity contribution in [3.05, 3.63) is 36.5 Å². The van der Waals surface area contributed by atoms with Crippen LogP contribution in [-0.2, 0) is 23.8 Å². The van der Waals surface area contributed by atoms with Gasteiger partial charge in [0.05, 0.1) is 32.0 Å². The molecule has 11 nitrogen and oxygen atoms in total. The molecule has 7 atom stereocenters. The average Bonchev–Trinajstić information content (AvgIpc) is 3.30. The Bertz CT molecular complexity index is 1180. The van der Waals surface area contributed by atoms with Crippen molar-refractivity contribution in [3.8, 4) is 0 Å². The van der Waals surface area contributed by atoms with Gasteiger partial charge in [-0.1, -0.05) is 204 Å². The largest absolute Gasteiger partial charge is 0.466 e. The molecule has 1 rings (SSSR count). The number of carbonyl (C=O) groups is 2. The number of rotatable bonds is 45. The third-order valence-electron chi connectivity index (χ3n) is 12.5. The molecule has 65 heavy (non-hydrogen) atoms. The van der Waals surface area contributed by atoms with Gasteiger partial charge in [-0.2, -0.15) is 0 Å². The van der Waals surface area contributed by atoms with Gasteiger partial charge in [0.15, 0.2) is 6.29 Å². The van der Waals surface area contributed by atoms with Crippen LogP contribution in [0.2, 0.25) is 0 Å². The molecule has 1 fully saturated rings. The highest BCUT2D eigenvalue weighted by molar-refractivity contribution is 5.76. The van der Waals surface area contributed by atoms with Gasteiger partial charge in [0.1, 0.15) is 24.4 Å². The van der Waals surface area contributed by atoms with Gasteiger partial charge in [0.2, 0.25) is 5.91 Å². The van der Waals surface area contributed by atoms with E-state index >= 15 is 0 Å². The van der Waals surface area contributed by atoms with Crippen LogP contribution in [0.4, 0.5) is 0 Å². The Morgan fingerprint density at radius 2 is 1.02 bits per heavy atom. The first-order valence-electron chi connectivity index (χ1n) is 26.8.